The number of thioether (sulfide) groups is 1. The molecular weight excluding hydrogens is 392 g/mol. The zero-order valence-corrected chi connectivity index (χ0v) is 17.4. The lowest BCUT2D eigenvalue weighted by molar-refractivity contribution is -0.113. The Labute approximate surface area is 180 Å². The highest BCUT2D eigenvalue weighted by Crippen LogP contribution is 2.31. The molecule has 30 heavy (non-hydrogen) atoms. The minimum Gasteiger partial charge on any atom is -0.325 e. The Morgan fingerprint density at radius 2 is 1.50 bits per heavy atom. The van der Waals surface area contributed by atoms with Gasteiger partial charge < -0.3 is 5.32 Å². The predicted molar refractivity (Wildman–Crippen MR) is 122 cm³/mol. The Bertz CT molecular complexity index is 1100. The summed E-state index contributed by atoms with van der Waals surface area (Å²) in [6.07, 6.45) is 0. The van der Waals surface area contributed by atoms with Crippen LogP contribution >= 0.6 is 11.8 Å². The summed E-state index contributed by atoms with van der Waals surface area (Å²) >= 11 is 1.39. The number of nitrogens with one attached hydrogen (secondary N) is 1. The van der Waals surface area contributed by atoms with Gasteiger partial charge in [-0.05, 0) is 24.6 Å². The molecule has 5 nitrogen and oxygen atoms in total. The summed E-state index contributed by atoms with van der Waals surface area (Å²) < 4.78 is 2.10. The molecule has 3 aromatic carbocycles. The Morgan fingerprint density at radius 3 is 2.17 bits per heavy atom. The molecule has 1 atom stereocenters. The maximum Gasteiger partial charge on any atom is 0.234 e. The summed E-state index contributed by atoms with van der Waals surface area (Å²) in [5.41, 5.74) is 2.94. The van der Waals surface area contributed by atoms with Gasteiger partial charge >= 0.3 is 0 Å². The van der Waals surface area contributed by atoms with Crippen molar-refractivity contribution in [1.29, 1.82) is 0 Å². The van der Waals surface area contributed by atoms with Crippen molar-refractivity contribution in [3.63, 3.8) is 0 Å². The van der Waals surface area contributed by atoms with Gasteiger partial charge in [-0.3, -0.25) is 9.36 Å². The molecule has 0 fully saturated rings. The van der Waals surface area contributed by atoms with Crippen molar-refractivity contribution < 1.29 is 4.79 Å². The second-order valence-electron chi connectivity index (χ2n) is 6.83. The number of hydrogen-bond acceptors (Lipinski definition) is 4. The molecule has 0 saturated heterocycles. The molecule has 1 unspecified atom stereocenters. The third kappa shape index (κ3) is 4.60. The van der Waals surface area contributed by atoms with E-state index < -0.39 is 0 Å². The van der Waals surface area contributed by atoms with Crippen LogP contribution in [0.25, 0.3) is 11.4 Å². The number of hydrogen-bond donors (Lipinski definition) is 1. The summed E-state index contributed by atoms with van der Waals surface area (Å²) in [5.74, 6) is 0.968. The van der Waals surface area contributed by atoms with E-state index in [-0.39, 0.29) is 17.7 Å². The maximum atomic E-state index is 12.4. The first kappa shape index (κ1) is 19.9. The van der Waals surface area contributed by atoms with Crippen molar-refractivity contribution in [1.82, 2.24) is 14.8 Å². The van der Waals surface area contributed by atoms with Crippen LogP contribution in [0.3, 0.4) is 0 Å². The van der Waals surface area contributed by atoms with Crippen LogP contribution in [0.4, 0.5) is 5.69 Å². The van der Waals surface area contributed by atoms with Crippen LogP contribution in [0.2, 0.25) is 0 Å². The average Bonchev–Trinajstić information content (AvgIpc) is 3.23. The van der Waals surface area contributed by atoms with Gasteiger partial charge in [0.2, 0.25) is 5.91 Å². The fourth-order valence-corrected chi connectivity index (χ4v) is 4.05. The molecule has 1 N–H and O–H groups in total. The topological polar surface area (TPSA) is 59.8 Å². The molecule has 1 aromatic heterocycles. The van der Waals surface area contributed by atoms with Crippen molar-refractivity contribution in [2.75, 3.05) is 11.1 Å². The van der Waals surface area contributed by atoms with E-state index >= 15 is 0 Å². The third-order valence-electron chi connectivity index (χ3n) is 4.76. The maximum absolute atomic E-state index is 12.4. The lowest BCUT2D eigenvalue weighted by atomic mass is 10.1. The number of nitrogens with zero attached hydrogens (tertiary/aromatic N) is 3. The van der Waals surface area contributed by atoms with Crippen LogP contribution < -0.4 is 5.32 Å². The molecule has 0 radical (unpaired) electrons. The summed E-state index contributed by atoms with van der Waals surface area (Å²) in [4.78, 5) is 12.4. The third-order valence-corrected chi connectivity index (χ3v) is 5.70. The van der Waals surface area contributed by atoms with E-state index in [9.17, 15) is 4.79 Å². The van der Waals surface area contributed by atoms with Gasteiger partial charge in [0, 0.05) is 11.3 Å². The minimum atomic E-state index is -0.0747. The second kappa shape index (κ2) is 9.41. The van der Waals surface area contributed by atoms with Gasteiger partial charge in [-0.25, -0.2) is 0 Å². The van der Waals surface area contributed by atoms with Gasteiger partial charge in [0.25, 0.3) is 0 Å². The minimum absolute atomic E-state index is 0.0242. The van der Waals surface area contributed by atoms with Crippen LogP contribution in [0.15, 0.2) is 96.2 Å². The van der Waals surface area contributed by atoms with Crippen molar-refractivity contribution in [3.05, 3.63) is 96.6 Å². The first-order chi connectivity index (χ1) is 14.7. The number of rotatable bonds is 7. The van der Waals surface area contributed by atoms with E-state index in [2.05, 4.69) is 39.1 Å². The number of carbonyl (C=O) groups is 1. The standard InChI is InChI=1S/C24H22N4OS/c1-18(19-11-5-2-6-12-19)28-23(20-13-7-3-8-14-20)26-27-24(28)30-17-22(29)25-21-15-9-4-10-16-21/h2-16,18H,17H2,1H3,(H,25,29). The number of para-hydroxylation sites is 1. The zero-order chi connectivity index (χ0) is 20.8. The number of amides is 1. The van der Waals surface area contributed by atoms with E-state index in [4.69, 9.17) is 0 Å². The van der Waals surface area contributed by atoms with Gasteiger partial charge in [0.1, 0.15) is 0 Å². The second-order valence-corrected chi connectivity index (χ2v) is 7.77. The Balaban J connectivity index is 1.59. The van der Waals surface area contributed by atoms with Gasteiger partial charge in [0.05, 0.1) is 11.8 Å². The highest BCUT2D eigenvalue weighted by molar-refractivity contribution is 7.99. The first-order valence-corrected chi connectivity index (χ1v) is 10.7. The molecule has 1 heterocycles. The Kier molecular flexibility index (Phi) is 6.25. The average molecular weight is 415 g/mol. The number of anilines is 1. The molecule has 150 valence electrons. The van der Waals surface area contributed by atoms with Gasteiger partial charge in [-0.1, -0.05) is 90.6 Å². The highest BCUT2D eigenvalue weighted by atomic mass is 32.2. The van der Waals surface area contributed by atoms with E-state index in [0.717, 1.165) is 22.6 Å². The molecule has 0 aliphatic carbocycles. The fourth-order valence-electron chi connectivity index (χ4n) is 3.24. The van der Waals surface area contributed by atoms with E-state index in [1.165, 1.54) is 11.8 Å². The monoisotopic (exact) mass is 414 g/mol. The van der Waals surface area contributed by atoms with E-state index in [0.29, 0.717) is 5.16 Å². The van der Waals surface area contributed by atoms with Crippen molar-refractivity contribution in [2.45, 2.75) is 18.1 Å². The molecule has 0 aliphatic heterocycles. The fraction of sp³-hybridized carbons (Fsp3) is 0.125. The lowest BCUT2D eigenvalue weighted by Crippen LogP contribution is -2.15. The smallest absolute Gasteiger partial charge is 0.234 e. The predicted octanol–water partition coefficient (Wildman–Crippen LogP) is 5.29. The summed E-state index contributed by atoms with van der Waals surface area (Å²) in [5, 5.41) is 12.5. The van der Waals surface area contributed by atoms with Crippen LogP contribution in [-0.4, -0.2) is 26.4 Å². The van der Waals surface area contributed by atoms with E-state index in [1.807, 2.05) is 78.9 Å². The van der Waals surface area contributed by atoms with Crippen LogP contribution in [0.5, 0.6) is 0 Å². The molecule has 0 saturated carbocycles. The van der Waals surface area contributed by atoms with Gasteiger partial charge in [-0.15, -0.1) is 10.2 Å². The SMILES string of the molecule is CC(c1ccccc1)n1c(SCC(=O)Nc2ccccc2)nnc1-c1ccccc1. The van der Waals surface area contributed by atoms with Crippen molar-refractivity contribution >= 4 is 23.4 Å². The lowest BCUT2D eigenvalue weighted by Gasteiger charge is -2.18. The van der Waals surface area contributed by atoms with E-state index in [1.54, 1.807) is 0 Å². The molecular formula is C24H22N4OS. The van der Waals surface area contributed by atoms with Crippen LogP contribution in [0.1, 0.15) is 18.5 Å². The first-order valence-electron chi connectivity index (χ1n) is 9.75. The van der Waals surface area contributed by atoms with Crippen molar-refractivity contribution in [3.8, 4) is 11.4 Å². The summed E-state index contributed by atoms with van der Waals surface area (Å²) in [6.45, 7) is 2.12. The molecule has 4 aromatic rings. The number of aromatic nitrogens is 3. The largest absolute Gasteiger partial charge is 0.325 e. The summed E-state index contributed by atoms with van der Waals surface area (Å²) in [6, 6.07) is 29.7. The van der Waals surface area contributed by atoms with Crippen LogP contribution in [0, 0.1) is 0 Å². The molecule has 1 amide bonds. The highest BCUT2D eigenvalue weighted by Gasteiger charge is 2.21. The molecule has 0 aliphatic rings. The Morgan fingerprint density at radius 1 is 0.900 bits per heavy atom. The van der Waals surface area contributed by atoms with Crippen LogP contribution in [-0.2, 0) is 4.79 Å². The quantitative estimate of drug-likeness (QED) is 0.418. The van der Waals surface area contributed by atoms with Gasteiger partial charge in [0.15, 0.2) is 11.0 Å². The van der Waals surface area contributed by atoms with Gasteiger partial charge in [-0.2, -0.15) is 0 Å². The van der Waals surface area contributed by atoms with Crippen molar-refractivity contribution in [2.24, 2.45) is 0 Å². The number of carbonyl (C=O) groups excluding carboxylic acids is 1. The molecule has 6 heteroatoms. The molecule has 4 rings (SSSR count). The zero-order valence-electron chi connectivity index (χ0n) is 16.6. The number of benzene rings is 3. The normalized spacial score (nSPS) is 11.8. The summed E-state index contributed by atoms with van der Waals surface area (Å²) in [7, 11) is 0. The molecule has 0 bridgehead atoms. The Hall–Kier alpha value is -3.38. The molecule has 0 spiro atoms.